The lowest BCUT2D eigenvalue weighted by molar-refractivity contribution is -0.133. The number of rotatable bonds is 6. The third-order valence-corrected chi connectivity index (χ3v) is 5.78. The molecule has 2 saturated heterocycles. The van der Waals surface area contributed by atoms with Gasteiger partial charge < -0.3 is 9.80 Å². The summed E-state index contributed by atoms with van der Waals surface area (Å²) in [6, 6.07) is 3.75. The van der Waals surface area contributed by atoms with Gasteiger partial charge in [0.1, 0.15) is 0 Å². The standard InChI is InChI=1S/C18H24N2O3S/c21-16-7-2-9-19(16)10-3-8-17(22)20-11-1-5-14(13-20)18(23)15-6-4-12-24-15/h4,6,12,14H,1-3,5,7-11,13H2. The van der Waals surface area contributed by atoms with Crippen LogP contribution in [0.5, 0.6) is 0 Å². The number of Topliss-reactive ketones (excluding diaryl/α,β-unsaturated/α-hetero) is 1. The molecule has 0 N–H and O–H groups in total. The zero-order valence-electron chi connectivity index (χ0n) is 13.9. The summed E-state index contributed by atoms with van der Waals surface area (Å²) in [5, 5.41) is 1.92. The van der Waals surface area contributed by atoms with Gasteiger partial charge in [0.25, 0.3) is 0 Å². The molecule has 1 atom stereocenters. The first-order valence-electron chi connectivity index (χ1n) is 8.78. The fraction of sp³-hybridized carbons (Fsp3) is 0.611. The van der Waals surface area contributed by atoms with Crippen molar-refractivity contribution in [2.24, 2.45) is 5.92 Å². The molecule has 1 aromatic heterocycles. The molecule has 0 spiro atoms. The minimum absolute atomic E-state index is 0.0680. The highest BCUT2D eigenvalue weighted by Crippen LogP contribution is 2.24. The smallest absolute Gasteiger partial charge is 0.222 e. The molecule has 0 bridgehead atoms. The van der Waals surface area contributed by atoms with E-state index in [9.17, 15) is 14.4 Å². The van der Waals surface area contributed by atoms with E-state index >= 15 is 0 Å². The zero-order valence-corrected chi connectivity index (χ0v) is 14.7. The van der Waals surface area contributed by atoms with E-state index in [0.29, 0.717) is 32.4 Å². The van der Waals surface area contributed by atoms with Crippen LogP contribution >= 0.6 is 11.3 Å². The second-order valence-corrected chi connectivity index (χ2v) is 7.56. The summed E-state index contributed by atoms with van der Waals surface area (Å²) < 4.78 is 0. The van der Waals surface area contributed by atoms with E-state index in [0.717, 1.165) is 37.2 Å². The van der Waals surface area contributed by atoms with Crippen molar-refractivity contribution in [2.45, 2.75) is 38.5 Å². The van der Waals surface area contributed by atoms with Crippen LogP contribution in [0.15, 0.2) is 17.5 Å². The summed E-state index contributed by atoms with van der Waals surface area (Å²) >= 11 is 1.47. The number of carbonyl (C=O) groups excluding carboxylic acids is 3. The lowest BCUT2D eigenvalue weighted by Gasteiger charge is -2.32. The predicted molar refractivity (Wildman–Crippen MR) is 93.0 cm³/mol. The third-order valence-electron chi connectivity index (χ3n) is 4.90. The summed E-state index contributed by atoms with van der Waals surface area (Å²) in [7, 11) is 0. The Kier molecular flexibility index (Phi) is 5.66. The lowest BCUT2D eigenvalue weighted by atomic mass is 9.92. The summed E-state index contributed by atoms with van der Waals surface area (Å²) in [6.45, 7) is 2.79. The van der Waals surface area contributed by atoms with Crippen LogP contribution in [0.2, 0.25) is 0 Å². The molecule has 3 rings (SSSR count). The van der Waals surface area contributed by atoms with Gasteiger partial charge in [-0.05, 0) is 37.1 Å². The Labute approximate surface area is 146 Å². The van der Waals surface area contributed by atoms with Gasteiger partial charge >= 0.3 is 0 Å². The van der Waals surface area contributed by atoms with Gasteiger partial charge in [-0.1, -0.05) is 6.07 Å². The molecule has 0 saturated carbocycles. The minimum Gasteiger partial charge on any atom is -0.343 e. The first-order valence-corrected chi connectivity index (χ1v) is 9.66. The maximum absolute atomic E-state index is 12.5. The predicted octanol–water partition coefficient (Wildman–Crippen LogP) is 2.57. The highest BCUT2D eigenvalue weighted by atomic mass is 32.1. The van der Waals surface area contributed by atoms with Crippen LogP contribution in [0.1, 0.15) is 48.2 Å². The summed E-state index contributed by atoms with van der Waals surface area (Å²) in [4.78, 5) is 41.0. The quantitative estimate of drug-likeness (QED) is 0.743. The minimum atomic E-state index is -0.0680. The Morgan fingerprint density at radius 2 is 2.12 bits per heavy atom. The van der Waals surface area contributed by atoms with Crippen LogP contribution in [0.25, 0.3) is 0 Å². The van der Waals surface area contributed by atoms with Gasteiger partial charge in [0.05, 0.1) is 4.88 Å². The molecule has 1 unspecified atom stereocenters. The topological polar surface area (TPSA) is 57.7 Å². The van der Waals surface area contributed by atoms with Crippen LogP contribution in [-0.4, -0.2) is 53.6 Å². The number of carbonyl (C=O) groups is 3. The Morgan fingerprint density at radius 3 is 2.83 bits per heavy atom. The van der Waals surface area contributed by atoms with Crippen LogP contribution in [0, 0.1) is 5.92 Å². The molecule has 0 aliphatic carbocycles. The van der Waals surface area contributed by atoms with E-state index in [1.165, 1.54) is 11.3 Å². The van der Waals surface area contributed by atoms with Crippen LogP contribution < -0.4 is 0 Å². The number of piperidine rings is 1. The molecule has 1 aromatic rings. The molecule has 3 heterocycles. The van der Waals surface area contributed by atoms with E-state index in [4.69, 9.17) is 0 Å². The number of nitrogens with zero attached hydrogens (tertiary/aromatic N) is 2. The maximum atomic E-state index is 12.5. The van der Waals surface area contributed by atoms with Gasteiger partial charge in [0.2, 0.25) is 11.8 Å². The second-order valence-electron chi connectivity index (χ2n) is 6.61. The molecule has 5 nitrogen and oxygen atoms in total. The van der Waals surface area contributed by atoms with Crippen molar-refractivity contribution in [3.05, 3.63) is 22.4 Å². The van der Waals surface area contributed by atoms with E-state index < -0.39 is 0 Å². The number of likely N-dealkylation sites (tertiary alicyclic amines) is 2. The van der Waals surface area contributed by atoms with E-state index in [-0.39, 0.29) is 23.5 Å². The van der Waals surface area contributed by atoms with Crippen LogP contribution in [0.4, 0.5) is 0 Å². The largest absolute Gasteiger partial charge is 0.343 e. The molecule has 24 heavy (non-hydrogen) atoms. The molecule has 0 radical (unpaired) electrons. The average Bonchev–Trinajstić information content (AvgIpc) is 3.26. The molecule has 130 valence electrons. The van der Waals surface area contributed by atoms with Crippen molar-refractivity contribution < 1.29 is 14.4 Å². The number of hydrogen-bond donors (Lipinski definition) is 0. The van der Waals surface area contributed by atoms with Crippen molar-refractivity contribution in [2.75, 3.05) is 26.2 Å². The van der Waals surface area contributed by atoms with Crippen LogP contribution in [-0.2, 0) is 9.59 Å². The SMILES string of the molecule is O=C(c1cccs1)C1CCCN(C(=O)CCCN2CCCC2=O)C1. The van der Waals surface area contributed by atoms with Crippen LogP contribution in [0.3, 0.4) is 0 Å². The molecular formula is C18H24N2O3S. The summed E-state index contributed by atoms with van der Waals surface area (Å²) in [6.07, 6.45) is 4.51. The molecular weight excluding hydrogens is 324 g/mol. The molecule has 2 amide bonds. The van der Waals surface area contributed by atoms with Gasteiger partial charge in [0.15, 0.2) is 5.78 Å². The summed E-state index contributed by atoms with van der Waals surface area (Å²) in [5.41, 5.74) is 0. The first-order chi connectivity index (χ1) is 11.6. The second kappa shape index (κ2) is 7.92. The van der Waals surface area contributed by atoms with Crippen molar-refractivity contribution in [1.82, 2.24) is 9.80 Å². The number of amides is 2. The van der Waals surface area contributed by atoms with Gasteiger partial charge in [0, 0.05) is 44.9 Å². The monoisotopic (exact) mass is 348 g/mol. The van der Waals surface area contributed by atoms with Crippen molar-refractivity contribution in [1.29, 1.82) is 0 Å². The Balaban J connectivity index is 1.46. The Morgan fingerprint density at radius 1 is 1.25 bits per heavy atom. The highest BCUT2D eigenvalue weighted by Gasteiger charge is 2.29. The molecule has 2 aliphatic rings. The van der Waals surface area contributed by atoms with E-state index in [1.807, 2.05) is 27.3 Å². The average molecular weight is 348 g/mol. The first kappa shape index (κ1) is 17.1. The van der Waals surface area contributed by atoms with Crippen molar-refractivity contribution in [3.8, 4) is 0 Å². The zero-order chi connectivity index (χ0) is 16.9. The number of hydrogen-bond acceptors (Lipinski definition) is 4. The van der Waals surface area contributed by atoms with Gasteiger partial charge in [-0.2, -0.15) is 0 Å². The van der Waals surface area contributed by atoms with Crippen molar-refractivity contribution >= 4 is 28.9 Å². The fourth-order valence-corrected chi connectivity index (χ4v) is 4.30. The molecule has 6 heteroatoms. The fourth-order valence-electron chi connectivity index (χ4n) is 3.56. The summed E-state index contributed by atoms with van der Waals surface area (Å²) in [5.74, 6) is 0.430. The normalized spacial score (nSPS) is 21.3. The molecule has 0 aromatic carbocycles. The Hall–Kier alpha value is -1.69. The number of ketones is 1. The molecule has 2 aliphatic heterocycles. The highest BCUT2D eigenvalue weighted by molar-refractivity contribution is 7.12. The van der Waals surface area contributed by atoms with E-state index in [1.54, 1.807) is 0 Å². The lowest BCUT2D eigenvalue weighted by Crippen LogP contribution is -2.42. The number of thiophene rings is 1. The van der Waals surface area contributed by atoms with Gasteiger partial charge in [-0.15, -0.1) is 11.3 Å². The van der Waals surface area contributed by atoms with E-state index in [2.05, 4.69) is 0 Å². The van der Waals surface area contributed by atoms with Crippen molar-refractivity contribution in [3.63, 3.8) is 0 Å². The van der Waals surface area contributed by atoms with Gasteiger partial charge in [-0.3, -0.25) is 14.4 Å². The third kappa shape index (κ3) is 4.04. The maximum Gasteiger partial charge on any atom is 0.222 e. The van der Waals surface area contributed by atoms with Gasteiger partial charge in [-0.25, -0.2) is 0 Å². The Bertz CT molecular complexity index is 599. The molecule has 2 fully saturated rings.